The summed E-state index contributed by atoms with van der Waals surface area (Å²) in [6, 6.07) is 3.92. The third-order valence-electron chi connectivity index (χ3n) is 1.79. The van der Waals surface area contributed by atoms with Gasteiger partial charge in [-0.05, 0) is 22.9 Å². The van der Waals surface area contributed by atoms with Crippen molar-refractivity contribution in [2.45, 2.75) is 0 Å². The van der Waals surface area contributed by atoms with Crippen LogP contribution in [-0.4, -0.2) is 6.21 Å². The molecule has 13 heavy (non-hydrogen) atoms. The predicted molar refractivity (Wildman–Crippen MR) is 56.0 cm³/mol. The Morgan fingerprint density at radius 3 is 2.92 bits per heavy atom. The number of fused-ring (bicyclic) bond motifs is 2. The Hall–Kier alpha value is -1.13. The van der Waals surface area contributed by atoms with Gasteiger partial charge in [-0.15, -0.1) is 22.7 Å². The lowest BCUT2D eigenvalue weighted by atomic mass is 10.4. The lowest BCUT2D eigenvalue weighted by molar-refractivity contribution is 0.489. The van der Waals surface area contributed by atoms with Crippen molar-refractivity contribution >= 4 is 33.9 Å². The summed E-state index contributed by atoms with van der Waals surface area (Å²) < 4.78 is 5.68. The molecule has 1 aliphatic heterocycles. The van der Waals surface area contributed by atoms with Gasteiger partial charge in [0, 0.05) is 6.21 Å². The monoisotopic (exact) mass is 207 g/mol. The maximum Gasteiger partial charge on any atom is 0.164 e. The lowest BCUT2D eigenvalue weighted by Crippen LogP contribution is -1.79. The van der Waals surface area contributed by atoms with E-state index in [2.05, 4.69) is 4.99 Å². The predicted octanol–water partition coefficient (Wildman–Crippen LogP) is 3.67. The summed E-state index contributed by atoms with van der Waals surface area (Å²) in [6.07, 6.45) is 1.86. The molecule has 0 bridgehead atoms. The van der Waals surface area contributed by atoms with E-state index in [4.69, 9.17) is 4.74 Å². The van der Waals surface area contributed by atoms with E-state index in [-0.39, 0.29) is 0 Å². The molecular weight excluding hydrogens is 202 g/mol. The van der Waals surface area contributed by atoms with Gasteiger partial charge in [0.2, 0.25) is 0 Å². The smallest absolute Gasteiger partial charge is 0.164 e. The molecule has 0 saturated heterocycles. The summed E-state index contributed by atoms with van der Waals surface area (Å²) in [6.45, 7) is 0. The van der Waals surface area contributed by atoms with Gasteiger partial charge in [-0.2, -0.15) is 0 Å². The normalized spacial score (nSPS) is 12.9. The molecule has 64 valence electrons. The highest BCUT2D eigenvalue weighted by Crippen LogP contribution is 2.41. The zero-order chi connectivity index (χ0) is 8.67. The van der Waals surface area contributed by atoms with Crippen LogP contribution in [0.2, 0.25) is 0 Å². The fourth-order valence-electron chi connectivity index (χ4n) is 1.18. The van der Waals surface area contributed by atoms with Crippen LogP contribution in [0.1, 0.15) is 4.88 Å². The van der Waals surface area contributed by atoms with E-state index in [1.165, 1.54) is 0 Å². The molecule has 0 aromatic carbocycles. The topological polar surface area (TPSA) is 21.6 Å². The third-order valence-corrected chi connectivity index (χ3v) is 3.42. The number of aliphatic imine (C=N–C) groups is 1. The fraction of sp³-hybridized carbons (Fsp3) is 0. The second-order valence-corrected chi connectivity index (χ2v) is 4.44. The van der Waals surface area contributed by atoms with Crippen LogP contribution in [0, 0.1) is 0 Å². The van der Waals surface area contributed by atoms with Crippen molar-refractivity contribution in [3.63, 3.8) is 0 Å². The first-order valence-corrected chi connectivity index (χ1v) is 5.56. The highest BCUT2D eigenvalue weighted by atomic mass is 32.1. The number of hydrogen-bond acceptors (Lipinski definition) is 4. The minimum absolute atomic E-state index is 0.860. The molecule has 3 rings (SSSR count). The molecule has 0 atom stereocenters. The Balaban J connectivity index is 2.20. The largest absolute Gasteiger partial charge is 0.453 e. The van der Waals surface area contributed by atoms with Crippen molar-refractivity contribution in [1.82, 2.24) is 0 Å². The Labute approximate surface area is 83.1 Å². The average Bonchev–Trinajstić information content (AvgIpc) is 2.72. The van der Waals surface area contributed by atoms with Crippen LogP contribution in [0.4, 0.5) is 5.00 Å². The Bertz CT molecular complexity index is 427. The Kier molecular flexibility index (Phi) is 1.50. The zero-order valence-electron chi connectivity index (χ0n) is 6.56. The van der Waals surface area contributed by atoms with E-state index < -0.39 is 0 Å². The van der Waals surface area contributed by atoms with Crippen LogP contribution in [0.3, 0.4) is 0 Å². The molecule has 0 aliphatic carbocycles. The van der Waals surface area contributed by atoms with Gasteiger partial charge in [0.05, 0.1) is 4.88 Å². The molecule has 0 N–H and O–H groups in total. The van der Waals surface area contributed by atoms with Crippen molar-refractivity contribution in [3.8, 4) is 11.5 Å². The zero-order valence-corrected chi connectivity index (χ0v) is 8.19. The van der Waals surface area contributed by atoms with Crippen LogP contribution < -0.4 is 4.74 Å². The van der Waals surface area contributed by atoms with Crippen LogP contribution in [0.15, 0.2) is 27.9 Å². The first-order valence-electron chi connectivity index (χ1n) is 3.80. The molecule has 0 radical (unpaired) electrons. The number of rotatable bonds is 0. The number of ether oxygens (including phenoxy) is 1. The standard InChI is InChI=1S/C9H5NOS2/c1-3-12-8-5-10-9-7(2-4-13-9)11-6(1)8/h1-5H. The van der Waals surface area contributed by atoms with Crippen molar-refractivity contribution in [2.75, 3.05) is 0 Å². The molecule has 2 aromatic rings. The first kappa shape index (κ1) is 7.29. The minimum Gasteiger partial charge on any atom is -0.453 e. The lowest BCUT2D eigenvalue weighted by Gasteiger charge is -1.99. The molecule has 0 spiro atoms. The molecule has 2 nitrogen and oxygen atoms in total. The SMILES string of the molecule is C1=Nc2sccc2Oc2ccsc21. The van der Waals surface area contributed by atoms with E-state index >= 15 is 0 Å². The van der Waals surface area contributed by atoms with Gasteiger partial charge in [0.25, 0.3) is 0 Å². The number of hydrogen-bond donors (Lipinski definition) is 0. The van der Waals surface area contributed by atoms with Crippen molar-refractivity contribution < 1.29 is 4.74 Å². The molecule has 4 heteroatoms. The van der Waals surface area contributed by atoms with Gasteiger partial charge in [-0.25, -0.2) is 4.99 Å². The Morgan fingerprint density at radius 1 is 1.08 bits per heavy atom. The van der Waals surface area contributed by atoms with E-state index in [1.807, 2.05) is 29.1 Å². The van der Waals surface area contributed by atoms with Gasteiger partial charge in [0.1, 0.15) is 5.75 Å². The van der Waals surface area contributed by atoms with Crippen molar-refractivity contribution in [3.05, 3.63) is 27.8 Å². The molecule has 2 aromatic heterocycles. The summed E-state index contributed by atoms with van der Waals surface area (Å²) in [5.41, 5.74) is 0. The first-order chi connectivity index (χ1) is 6.43. The Morgan fingerprint density at radius 2 is 1.92 bits per heavy atom. The van der Waals surface area contributed by atoms with Gasteiger partial charge < -0.3 is 4.74 Å². The van der Waals surface area contributed by atoms with Crippen LogP contribution in [0.25, 0.3) is 0 Å². The van der Waals surface area contributed by atoms with E-state index in [0.717, 1.165) is 21.4 Å². The van der Waals surface area contributed by atoms with Gasteiger partial charge in [-0.3, -0.25) is 0 Å². The molecule has 0 saturated carbocycles. The molecule has 0 amide bonds. The summed E-state index contributed by atoms with van der Waals surface area (Å²) >= 11 is 3.24. The fourth-order valence-corrected chi connectivity index (χ4v) is 2.52. The molecule has 3 heterocycles. The van der Waals surface area contributed by atoms with Gasteiger partial charge >= 0.3 is 0 Å². The molecule has 0 unspecified atom stereocenters. The molecule has 0 fully saturated rings. The highest BCUT2D eigenvalue weighted by Gasteiger charge is 2.12. The van der Waals surface area contributed by atoms with E-state index in [0.29, 0.717) is 0 Å². The third kappa shape index (κ3) is 1.10. The highest BCUT2D eigenvalue weighted by molar-refractivity contribution is 7.14. The van der Waals surface area contributed by atoms with Crippen molar-refractivity contribution in [2.24, 2.45) is 4.99 Å². The summed E-state index contributed by atoms with van der Waals surface area (Å²) in [7, 11) is 0. The van der Waals surface area contributed by atoms with E-state index in [1.54, 1.807) is 22.7 Å². The molecular formula is C9H5NOS2. The van der Waals surface area contributed by atoms with Gasteiger partial charge in [0.15, 0.2) is 10.8 Å². The quantitative estimate of drug-likeness (QED) is 0.551. The number of nitrogens with zero attached hydrogens (tertiary/aromatic N) is 1. The van der Waals surface area contributed by atoms with Gasteiger partial charge in [-0.1, -0.05) is 0 Å². The summed E-state index contributed by atoms with van der Waals surface area (Å²) in [5, 5.41) is 4.94. The second kappa shape index (κ2) is 2.68. The minimum atomic E-state index is 0.860. The second-order valence-electron chi connectivity index (χ2n) is 2.60. The average molecular weight is 207 g/mol. The van der Waals surface area contributed by atoms with Crippen LogP contribution >= 0.6 is 22.7 Å². The maximum atomic E-state index is 5.68. The molecule has 1 aliphatic rings. The van der Waals surface area contributed by atoms with Crippen LogP contribution in [0.5, 0.6) is 11.5 Å². The van der Waals surface area contributed by atoms with Crippen LogP contribution in [-0.2, 0) is 0 Å². The summed E-state index contributed by atoms with van der Waals surface area (Å²) in [4.78, 5) is 5.43. The maximum absolute atomic E-state index is 5.68. The number of thiophene rings is 2. The summed E-state index contributed by atoms with van der Waals surface area (Å²) in [5.74, 6) is 1.77. The van der Waals surface area contributed by atoms with E-state index in [9.17, 15) is 0 Å². The van der Waals surface area contributed by atoms with Crippen molar-refractivity contribution in [1.29, 1.82) is 0 Å².